The molecule has 0 aromatic carbocycles. The van der Waals surface area contributed by atoms with Crippen LogP contribution in [0.3, 0.4) is 0 Å². The van der Waals surface area contributed by atoms with Gasteiger partial charge >= 0.3 is 0 Å². The van der Waals surface area contributed by atoms with Crippen LogP contribution in [-0.2, 0) is 0 Å². The Morgan fingerprint density at radius 1 is 0.400 bits per heavy atom. The van der Waals surface area contributed by atoms with Crippen LogP contribution in [0.15, 0.2) is 0 Å². The predicted octanol–water partition coefficient (Wildman–Crippen LogP) is -0.707. The van der Waals surface area contributed by atoms with Crippen molar-refractivity contribution in [1.29, 1.82) is 0 Å². The molecule has 0 atom stereocenters. The molecule has 0 fully saturated rings. The van der Waals surface area contributed by atoms with Crippen LogP contribution in [0.5, 0.6) is 0 Å². The van der Waals surface area contributed by atoms with Gasteiger partial charge in [-0.1, -0.05) is 0 Å². The topological polar surface area (TPSA) is 120 Å². The van der Waals surface area contributed by atoms with Gasteiger partial charge in [0.25, 0.3) is 0 Å². The third kappa shape index (κ3) is 36.9. The summed E-state index contributed by atoms with van der Waals surface area (Å²) in [5.74, 6) is 0. The molecule has 0 aromatic rings. The SMILES string of the molecule is [OH-].[OH-].[OH-].[OH-].[Pr]. The molecule has 0 aliphatic heterocycles. The van der Waals surface area contributed by atoms with Crippen molar-refractivity contribution in [3.8, 4) is 0 Å². The first kappa shape index (κ1) is 116. The van der Waals surface area contributed by atoms with Gasteiger partial charge in [-0.2, -0.15) is 0 Å². The van der Waals surface area contributed by atoms with Crippen LogP contribution < -0.4 is 0 Å². The van der Waals surface area contributed by atoms with Gasteiger partial charge in [-0.05, 0) is 0 Å². The normalized spacial score (nSPS) is 0. The second kappa shape index (κ2) is 63.5. The molecule has 0 bridgehead atoms. The quantitative estimate of drug-likeness (QED) is 0.523. The van der Waals surface area contributed by atoms with Crippen LogP contribution in [0.2, 0.25) is 0 Å². The Morgan fingerprint density at radius 3 is 0.400 bits per heavy atom. The van der Waals surface area contributed by atoms with Crippen molar-refractivity contribution in [3.05, 3.63) is 0 Å². The molecule has 0 saturated carbocycles. The van der Waals surface area contributed by atoms with Crippen molar-refractivity contribution >= 4 is 0 Å². The molecule has 5 heavy (non-hydrogen) atoms. The maximum absolute atomic E-state index is 0. The van der Waals surface area contributed by atoms with E-state index < -0.39 is 0 Å². The molecule has 0 aromatic heterocycles. The minimum Gasteiger partial charge on any atom is -0.870 e. The van der Waals surface area contributed by atoms with Gasteiger partial charge in [-0.25, -0.2) is 0 Å². The summed E-state index contributed by atoms with van der Waals surface area (Å²) in [7, 11) is 0. The fourth-order valence-electron chi connectivity index (χ4n) is 0. The molecule has 0 aliphatic rings. The number of rotatable bonds is 0. The van der Waals surface area contributed by atoms with Crippen LogP contribution in [0.4, 0.5) is 0 Å². The Labute approximate surface area is 62.7 Å². The van der Waals surface area contributed by atoms with Crippen molar-refractivity contribution in [3.63, 3.8) is 0 Å². The first-order valence-corrected chi connectivity index (χ1v) is 0. The van der Waals surface area contributed by atoms with E-state index in [1.807, 2.05) is 0 Å². The third-order valence-electron chi connectivity index (χ3n) is 0. The molecule has 0 unspecified atom stereocenters. The summed E-state index contributed by atoms with van der Waals surface area (Å²) < 4.78 is 0. The summed E-state index contributed by atoms with van der Waals surface area (Å²) in [5.41, 5.74) is 0. The smallest absolute Gasteiger partial charge is 0 e. The first-order chi connectivity index (χ1) is 0. The molecule has 0 amide bonds. The predicted molar refractivity (Wildman–Crippen MR) is 7.74 cm³/mol. The van der Waals surface area contributed by atoms with E-state index in [4.69, 9.17) is 0 Å². The van der Waals surface area contributed by atoms with Gasteiger partial charge in [0.15, 0.2) is 0 Å². The van der Waals surface area contributed by atoms with E-state index in [0.717, 1.165) is 0 Å². The average Bonchev–Trinajstić information content (AvgIpc) is 0. The second-order valence-electron chi connectivity index (χ2n) is 0. The molecule has 4 nitrogen and oxygen atoms in total. The van der Waals surface area contributed by atoms with E-state index in [0.29, 0.717) is 0 Å². The summed E-state index contributed by atoms with van der Waals surface area (Å²) in [5, 5.41) is 0. The van der Waals surface area contributed by atoms with E-state index in [2.05, 4.69) is 0 Å². The maximum Gasteiger partial charge on any atom is 0 e. The van der Waals surface area contributed by atoms with E-state index >= 15 is 0 Å². The van der Waals surface area contributed by atoms with Crippen molar-refractivity contribution in [2.45, 2.75) is 0 Å². The van der Waals surface area contributed by atoms with E-state index in [9.17, 15) is 0 Å². The van der Waals surface area contributed by atoms with Crippen molar-refractivity contribution < 1.29 is 63.2 Å². The molecule has 4 N–H and O–H groups in total. The van der Waals surface area contributed by atoms with E-state index in [1.165, 1.54) is 0 Å². The number of hydrogen-bond donors (Lipinski definition) is 0. The van der Waals surface area contributed by atoms with Gasteiger partial charge in [-0.3, -0.25) is 0 Å². The zero-order chi connectivity index (χ0) is 0. The molecule has 5 heteroatoms. The third-order valence-corrected chi connectivity index (χ3v) is 0. The standard InChI is InChI=1S/4H2O.Pr/h4*1H2;/p-4. The van der Waals surface area contributed by atoms with Gasteiger partial charge < -0.3 is 21.9 Å². The summed E-state index contributed by atoms with van der Waals surface area (Å²) in [6.07, 6.45) is 0. The molecule has 0 rings (SSSR count). The van der Waals surface area contributed by atoms with Crippen LogP contribution >= 0.6 is 0 Å². The minimum atomic E-state index is 0. The molecular formula is H4O4Pr-4. The zero-order valence-electron chi connectivity index (χ0n) is 2.37. The summed E-state index contributed by atoms with van der Waals surface area (Å²) in [6.45, 7) is 0. The van der Waals surface area contributed by atoms with Crippen molar-refractivity contribution in [2.24, 2.45) is 0 Å². The van der Waals surface area contributed by atoms with Crippen molar-refractivity contribution in [1.82, 2.24) is 0 Å². The summed E-state index contributed by atoms with van der Waals surface area (Å²) in [4.78, 5) is 0. The Morgan fingerprint density at radius 2 is 0.400 bits per heavy atom. The Bertz CT molecular complexity index is 3.61. The fraction of sp³-hybridized carbons (Fsp3) is 0. The summed E-state index contributed by atoms with van der Waals surface area (Å²) in [6, 6.07) is 0. The molecule has 35 valence electrons. The van der Waals surface area contributed by atoms with Gasteiger partial charge in [0.1, 0.15) is 0 Å². The first-order valence-electron chi connectivity index (χ1n) is 0. The molecule has 0 aliphatic carbocycles. The van der Waals surface area contributed by atoms with Gasteiger partial charge in [0.05, 0.1) is 0 Å². The van der Waals surface area contributed by atoms with Crippen LogP contribution in [0, 0.1) is 41.3 Å². The maximum atomic E-state index is 0. The van der Waals surface area contributed by atoms with Crippen molar-refractivity contribution in [2.75, 3.05) is 0 Å². The summed E-state index contributed by atoms with van der Waals surface area (Å²) >= 11 is 0. The van der Waals surface area contributed by atoms with Gasteiger partial charge in [-0.15, -0.1) is 0 Å². The molecule has 0 saturated heterocycles. The van der Waals surface area contributed by atoms with Gasteiger partial charge in [0.2, 0.25) is 0 Å². The average molecular weight is 209 g/mol. The zero-order valence-corrected chi connectivity index (χ0v) is 6.07. The minimum absolute atomic E-state index is 0. The molecule has 0 heterocycles. The largest absolute Gasteiger partial charge is 0.870 e. The Hall–Kier alpha value is 1.20. The molecule has 1 radical (unpaired) electrons. The molecular weight excluding hydrogens is 205 g/mol. The number of hydrogen-bond acceptors (Lipinski definition) is 4. The Balaban J connectivity index is 0. The van der Waals surface area contributed by atoms with E-state index in [-0.39, 0.29) is 63.2 Å². The fourth-order valence-corrected chi connectivity index (χ4v) is 0. The molecule has 0 spiro atoms. The van der Waals surface area contributed by atoms with Crippen LogP contribution in [-0.4, -0.2) is 21.9 Å². The monoisotopic (exact) mass is 209 g/mol. The van der Waals surface area contributed by atoms with E-state index in [1.54, 1.807) is 0 Å². The second-order valence-corrected chi connectivity index (χ2v) is 0. The van der Waals surface area contributed by atoms with Crippen LogP contribution in [0.1, 0.15) is 0 Å². The van der Waals surface area contributed by atoms with Gasteiger partial charge in [0, 0.05) is 41.3 Å². The Kier molecular flexibility index (Phi) is 1470. The van der Waals surface area contributed by atoms with Crippen LogP contribution in [0.25, 0.3) is 0 Å².